The third kappa shape index (κ3) is 2.20. The van der Waals surface area contributed by atoms with Crippen molar-refractivity contribution in [2.75, 3.05) is 7.11 Å². The molecule has 0 aliphatic heterocycles. The van der Waals surface area contributed by atoms with E-state index < -0.39 is 34.4 Å². The standard InChI is InChI=1S/C10H13ClF2O3/c1-9(2)5(7(9)8(14)15)4-6(11)10(12,13)16-3/h4-5,7H,1-3H3,(H,14,15)/t5-,7+/m0/s1. The Morgan fingerprint density at radius 3 is 2.38 bits per heavy atom. The van der Waals surface area contributed by atoms with Gasteiger partial charge in [0.25, 0.3) is 0 Å². The highest BCUT2D eigenvalue weighted by molar-refractivity contribution is 6.30. The van der Waals surface area contributed by atoms with E-state index in [2.05, 4.69) is 4.74 Å². The van der Waals surface area contributed by atoms with E-state index in [-0.39, 0.29) is 0 Å². The van der Waals surface area contributed by atoms with Gasteiger partial charge in [0.1, 0.15) is 5.03 Å². The summed E-state index contributed by atoms with van der Waals surface area (Å²) in [6.07, 6.45) is -2.48. The molecule has 0 saturated heterocycles. The number of methoxy groups -OCH3 is 1. The molecule has 1 aliphatic rings. The molecule has 1 N–H and O–H groups in total. The zero-order chi connectivity index (χ0) is 12.7. The molecule has 0 bridgehead atoms. The summed E-state index contributed by atoms with van der Waals surface area (Å²) in [7, 11) is 0.836. The summed E-state index contributed by atoms with van der Waals surface area (Å²) in [5, 5.41) is 8.07. The van der Waals surface area contributed by atoms with Crippen LogP contribution in [0.1, 0.15) is 13.8 Å². The lowest BCUT2D eigenvalue weighted by molar-refractivity contribution is -0.184. The second-order valence-electron chi connectivity index (χ2n) is 4.40. The highest BCUT2D eigenvalue weighted by Gasteiger charge is 2.61. The fraction of sp³-hybridized carbons (Fsp3) is 0.700. The molecule has 1 saturated carbocycles. The van der Waals surface area contributed by atoms with Crippen molar-refractivity contribution in [3.05, 3.63) is 11.1 Å². The summed E-state index contributed by atoms with van der Waals surface area (Å²) >= 11 is 5.40. The van der Waals surface area contributed by atoms with E-state index in [0.29, 0.717) is 0 Å². The Balaban J connectivity index is 2.84. The van der Waals surface area contributed by atoms with Crippen LogP contribution in [0.2, 0.25) is 0 Å². The summed E-state index contributed by atoms with van der Waals surface area (Å²) in [5.41, 5.74) is -0.546. The Morgan fingerprint density at radius 2 is 2.06 bits per heavy atom. The molecule has 1 aliphatic carbocycles. The van der Waals surface area contributed by atoms with Crippen LogP contribution >= 0.6 is 11.6 Å². The third-order valence-corrected chi connectivity index (χ3v) is 3.38. The smallest absolute Gasteiger partial charge is 0.393 e. The van der Waals surface area contributed by atoms with Crippen LogP contribution < -0.4 is 0 Å². The number of carboxylic acids is 1. The van der Waals surface area contributed by atoms with E-state index in [9.17, 15) is 13.6 Å². The maximum Gasteiger partial charge on any atom is 0.393 e. The van der Waals surface area contributed by atoms with Gasteiger partial charge in [0, 0.05) is 7.11 Å². The van der Waals surface area contributed by atoms with Crippen molar-refractivity contribution in [2.45, 2.75) is 20.0 Å². The lowest BCUT2D eigenvalue weighted by Crippen LogP contribution is -2.19. The third-order valence-electron chi connectivity index (χ3n) is 3.04. The Labute approximate surface area is 97.0 Å². The Bertz CT molecular complexity index is 339. The molecule has 0 aromatic heterocycles. The molecule has 6 heteroatoms. The number of rotatable bonds is 4. The number of carbonyl (C=O) groups is 1. The Hall–Kier alpha value is -0.680. The average molecular weight is 255 g/mol. The van der Waals surface area contributed by atoms with Crippen molar-refractivity contribution in [1.29, 1.82) is 0 Å². The van der Waals surface area contributed by atoms with Gasteiger partial charge in [-0.25, -0.2) is 0 Å². The number of aliphatic carboxylic acids is 1. The molecule has 0 amide bonds. The lowest BCUT2D eigenvalue weighted by atomic mass is 10.1. The first-order valence-corrected chi connectivity index (χ1v) is 5.06. The summed E-state index contributed by atoms with van der Waals surface area (Å²) in [6, 6.07) is 0. The monoisotopic (exact) mass is 254 g/mol. The number of allylic oxidation sites excluding steroid dienone is 1. The quantitative estimate of drug-likeness (QED) is 0.839. The maximum atomic E-state index is 12.9. The van der Waals surface area contributed by atoms with Gasteiger partial charge in [-0.15, -0.1) is 0 Å². The van der Waals surface area contributed by atoms with Gasteiger partial charge in [-0.05, 0) is 11.3 Å². The van der Waals surface area contributed by atoms with Crippen LogP contribution in [0, 0.1) is 17.3 Å². The fourth-order valence-electron chi connectivity index (χ4n) is 1.81. The first-order valence-electron chi connectivity index (χ1n) is 4.68. The van der Waals surface area contributed by atoms with Gasteiger partial charge >= 0.3 is 12.1 Å². The zero-order valence-electron chi connectivity index (χ0n) is 9.13. The zero-order valence-corrected chi connectivity index (χ0v) is 9.89. The van der Waals surface area contributed by atoms with Crippen LogP contribution in [-0.2, 0) is 9.53 Å². The highest BCUT2D eigenvalue weighted by atomic mass is 35.5. The van der Waals surface area contributed by atoms with Gasteiger partial charge in [0.2, 0.25) is 0 Å². The Morgan fingerprint density at radius 1 is 1.56 bits per heavy atom. The van der Waals surface area contributed by atoms with Gasteiger partial charge in [0.15, 0.2) is 0 Å². The molecule has 0 aromatic rings. The van der Waals surface area contributed by atoms with Gasteiger partial charge in [-0.1, -0.05) is 31.5 Å². The predicted molar refractivity (Wildman–Crippen MR) is 54.3 cm³/mol. The van der Waals surface area contributed by atoms with Gasteiger partial charge < -0.3 is 9.84 Å². The predicted octanol–water partition coefficient (Wildman–Crippen LogP) is 2.71. The summed E-state index contributed by atoms with van der Waals surface area (Å²) < 4.78 is 29.8. The first-order chi connectivity index (χ1) is 7.14. The topological polar surface area (TPSA) is 46.5 Å². The van der Waals surface area contributed by atoms with Crippen molar-refractivity contribution in [1.82, 2.24) is 0 Å². The van der Waals surface area contributed by atoms with Crippen molar-refractivity contribution in [2.24, 2.45) is 17.3 Å². The molecule has 0 aromatic carbocycles. The van der Waals surface area contributed by atoms with E-state index >= 15 is 0 Å². The van der Waals surface area contributed by atoms with E-state index in [1.165, 1.54) is 0 Å². The minimum absolute atomic E-state index is 0.487. The molecule has 3 nitrogen and oxygen atoms in total. The molecular weight excluding hydrogens is 242 g/mol. The Kier molecular flexibility index (Phi) is 3.32. The maximum absolute atomic E-state index is 12.9. The minimum Gasteiger partial charge on any atom is -0.481 e. The summed E-state index contributed by atoms with van der Waals surface area (Å²) in [6.45, 7) is 3.39. The molecule has 1 rings (SSSR count). The summed E-state index contributed by atoms with van der Waals surface area (Å²) in [4.78, 5) is 10.8. The van der Waals surface area contributed by atoms with E-state index in [1.807, 2.05) is 0 Å². The van der Waals surface area contributed by atoms with Crippen LogP contribution in [0.3, 0.4) is 0 Å². The van der Waals surface area contributed by atoms with Gasteiger partial charge in [-0.2, -0.15) is 8.78 Å². The number of ether oxygens (including phenoxy) is 1. The fourth-order valence-corrected chi connectivity index (χ4v) is 2.03. The number of alkyl halides is 2. The molecular formula is C10H13ClF2O3. The normalized spacial score (nSPS) is 29.0. The number of hydrogen-bond donors (Lipinski definition) is 1. The van der Waals surface area contributed by atoms with E-state index in [1.54, 1.807) is 13.8 Å². The molecule has 2 atom stereocenters. The van der Waals surface area contributed by atoms with Crippen LogP contribution in [0.4, 0.5) is 8.78 Å². The van der Waals surface area contributed by atoms with Crippen molar-refractivity contribution >= 4 is 17.6 Å². The molecule has 0 heterocycles. The van der Waals surface area contributed by atoms with E-state index in [0.717, 1.165) is 13.2 Å². The van der Waals surface area contributed by atoms with Crippen LogP contribution in [0.5, 0.6) is 0 Å². The number of hydrogen-bond acceptors (Lipinski definition) is 2. The van der Waals surface area contributed by atoms with Crippen LogP contribution in [0.25, 0.3) is 0 Å². The van der Waals surface area contributed by atoms with Crippen molar-refractivity contribution < 1.29 is 23.4 Å². The second kappa shape index (κ2) is 3.96. The SMILES string of the molecule is COC(F)(F)C(Cl)=C[C@H]1[C@H](C(=O)O)C1(C)C. The lowest BCUT2D eigenvalue weighted by Gasteiger charge is -2.12. The molecule has 16 heavy (non-hydrogen) atoms. The van der Waals surface area contributed by atoms with Crippen LogP contribution in [0.15, 0.2) is 11.1 Å². The first kappa shape index (κ1) is 13.4. The number of halogens is 3. The molecule has 0 radical (unpaired) electrons. The van der Waals surface area contributed by atoms with Gasteiger partial charge in [-0.3, -0.25) is 4.79 Å². The highest BCUT2D eigenvalue weighted by Crippen LogP contribution is 2.60. The largest absolute Gasteiger partial charge is 0.481 e. The van der Waals surface area contributed by atoms with E-state index in [4.69, 9.17) is 16.7 Å². The number of carboxylic acid groups (broad SMARTS) is 1. The van der Waals surface area contributed by atoms with Crippen molar-refractivity contribution in [3.8, 4) is 0 Å². The minimum atomic E-state index is -3.55. The molecule has 0 unspecified atom stereocenters. The molecule has 1 fully saturated rings. The molecule has 0 spiro atoms. The van der Waals surface area contributed by atoms with Crippen LogP contribution in [-0.4, -0.2) is 24.3 Å². The molecule has 92 valence electrons. The summed E-state index contributed by atoms with van der Waals surface area (Å²) in [5.74, 6) is -2.16. The van der Waals surface area contributed by atoms with Crippen molar-refractivity contribution in [3.63, 3.8) is 0 Å². The average Bonchev–Trinajstić information content (AvgIpc) is 2.68. The second-order valence-corrected chi connectivity index (χ2v) is 4.81. The van der Waals surface area contributed by atoms with Gasteiger partial charge in [0.05, 0.1) is 5.92 Å².